The van der Waals surface area contributed by atoms with E-state index in [0.717, 1.165) is 6.20 Å². The molecule has 64 valence electrons. The maximum absolute atomic E-state index is 10.5. The lowest BCUT2D eigenvalue weighted by atomic mass is 10.6. The molecule has 0 amide bonds. The Kier molecular flexibility index (Phi) is 2.29. The molecule has 0 saturated heterocycles. The van der Waals surface area contributed by atoms with E-state index in [1.165, 1.54) is 0 Å². The van der Waals surface area contributed by atoms with Crippen molar-refractivity contribution in [1.82, 2.24) is 9.97 Å². The third kappa shape index (κ3) is 1.96. The summed E-state index contributed by atoms with van der Waals surface area (Å²) in [6, 6.07) is 0. The monoisotopic (exact) mass is 190 g/mol. The van der Waals surface area contributed by atoms with Crippen LogP contribution in [-0.2, 0) is 0 Å². The molecule has 2 N–H and O–H groups in total. The number of carboxylic acid groups (broad SMARTS) is 1. The number of H-pyrrole nitrogens is 1. The molecular formula is C5H3ClN2O4. The van der Waals surface area contributed by atoms with Gasteiger partial charge < -0.3 is 9.84 Å². The predicted octanol–water partition coefficient (Wildman–Crippen LogP) is 0.480. The smallest absolute Gasteiger partial charge is 0.449 e. The number of carbonyl (C=O) groups is 1. The van der Waals surface area contributed by atoms with Gasteiger partial charge in [-0.3, -0.25) is 4.98 Å². The van der Waals surface area contributed by atoms with E-state index >= 15 is 0 Å². The Hall–Kier alpha value is -1.56. The molecule has 7 heteroatoms. The second-order valence-corrected chi connectivity index (χ2v) is 2.14. The van der Waals surface area contributed by atoms with Gasteiger partial charge in [-0.1, -0.05) is 11.6 Å². The molecule has 0 spiro atoms. The zero-order valence-electron chi connectivity index (χ0n) is 5.57. The zero-order chi connectivity index (χ0) is 9.14. The molecular weight excluding hydrogens is 188 g/mol. The predicted molar refractivity (Wildman–Crippen MR) is 38.5 cm³/mol. The van der Waals surface area contributed by atoms with Crippen molar-refractivity contribution in [2.24, 2.45) is 0 Å². The van der Waals surface area contributed by atoms with Crippen LogP contribution in [0.15, 0.2) is 11.0 Å². The van der Waals surface area contributed by atoms with Crippen LogP contribution in [0.5, 0.6) is 5.88 Å². The van der Waals surface area contributed by atoms with Crippen LogP contribution in [0.1, 0.15) is 0 Å². The number of nitrogens with zero attached hydrogens (tertiary/aromatic N) is 1. The largest absolute Gasteiger partial charge is 0.512 e. The van der Waals surface area contributed by atoms with Gasteiger partial charge in [0.05, 0.1) is 6.20 Å². The lowest BCUT2D eigenvalue weighted by Crippen LogP contribution is -2.13. The van der Waals surface area contributed by atoms with E-state index in [9.17, 15) is 9.59 Å². The topological polar surface area (TPSA) is 92.3 Å². The molecule has 1 aromatic heterocycles. The number of ether oxygens (including phenoxy) is 1. The summed E-state index contributed by atoms with van der Waals surface area (Å²) in [5.41, 5.74) is -0.726. The quantitative estimate of drug-likeness (QED) is 0.629. The lowest BCUT2D eigenvalue weighted by molar-refractivity contribution is 0.142. The number of hydrogen-bond acceptors (Lipinski definition) is 4. The van der Waals surface area contributed by atoms with Gasteiger partial charge >= 0.3 is 11.8 Å². The molecule has 0 saturated carbocycles. The first-order valence-corrected chi connectivity index (χ1v) is 3.13. The van der Waals surface area contributed by atoms with Crippen LogP contribution < -0.4 is 10.4 Å². The molecule has 0 radical (unpaired) electrons. The highest BCUT2D eigenvalue weighted by molar-refractivity contribution is 6.31. The average Bonchev–Trinajstić information content (AvgIpc) is 1.96. The highest BCUT2D eigenvalue weighted by atomic mass is 35.5. The van der Waals surface area contributed by atoms with Crippen molar-refractivity contribution in [3.05, 3.63) is 21.7 Å². The van der Waals surface area contributed by atoms with Gasteiger partial charge in [0.15, 0.2) is 0 Å². The first kappa shape index (κ1) is 8.54. The van der Waals surface area contributed by atoms with Crippen molar-refractivity contribution in [1.29, 1.82) is 0 Å². The second kappa shape index (κ2) is 3.22. The molecule has 1 rings (SSSR count). The van der Waals surface area contributed by atoms with Crippen LogP contribution in [0.2, 0.25) is 5.02 Å². The van der Waals surface area contributed by atoms with Gasteiger partial charge in [0.25, 0.3) is 0 Å². The first-order valence-electron chi connectivity index (χ1n) is 2.75. The van der Waals surface area contributed by atoms with Crippen molar-refractivity contribution >= 4 is 17.8 Å². The molecule has 0 aliphatic carbocycles. The summed E-state index contributed by atoms with van der Waals surface area (Å²) in [5.74, 6) is -0.329. The van der Waals surface area contributed by atoms with Crippen LogP contribution in [-0.4, -0.2) is 21.2 Å². The molecule has 12 heavy (non-hydrogen) atoms. The van der Waals surface area contributed by atoms with Crippen LogP contribution in [0.4, 0.5) is 4.79 Å². The summed E-state index contributed by atoms with van der Waals surface area (Å²) >= 11 is 5.42. The molecule has 6 nitrogen and oxygen atoms in total. The van der Waals surface area contributed by atoms with Crippen molar-refractivity contribution in [3.8, 4) is 5.88 Å². The second-order valence-electron chi connectivity index (χ2n) is 1.73. The number of nitrogens with one attached hydrogen (secondary N) is 1. The van der Waals surface area contributed by atoms with E-state index in [0.29, 0.717) is 0 Å². The van der Waals surface area contributed by atoms with E-state index < -0.39 is 11.8 Å². The molecule has 1 heterocycles. The summed E-state index contributed by atoms with van der Waals surface area (Å²) in [5, 5.41) is 8.09. The van der Waals surface area contributed by atoms with Crippen LogP contribution in [0, 0.1) is 0 Å². The van der Waals surface area contributed by atoms with Gasteiger partial charge in [-0.05, 0) is 0 Å². The van der Waals surface area contributed by atoms with Crippen LogP contribution in [0.3, 0.4) is 0 Å². The van der Waals surface area contributed by atoms with Gasteiger partial charge in [-0.25, -0.2) is 9.59 Å². The zero-order valence-corrected chi connectivity index (χ0v) is 6.33. The SMILES string of the molecule is O=C(O)Oc1[nH]c(=O)ncc1Cl. The van der Waals surface area contributed by atoms with Crippen molar-refractivity contribution in [2.45, 2.75) is 0 Å². The summed E-state index contributed by atoms with van der Waals surface area (Å²) in [6.07, 6.45) is -0.558. The summed E-state index contributed by atoms with van der Waals surface area (Å²) < 4.78 is 4.11. The highest BCUT2D eigenvalue weighted by Crippen LogP contribution is 2.17. The van der Waals surface area contributed by atoms with Gasteiger partial charge in [0.2, 0.25) is 5.88 Å². The minimum atomic E-state index is -1.56. The van der Waals surface area contributed by atoms with Gasteiger partial charge in [0.1, 0.15) is 5.02 Å². The van der Waals surface area contributed by atoms with Crippen LogP contribution >= 0.6 is 11.6 Å². The Morgan fingerprint density at radius 3 is 3.00 bits per heavy atom. The average molecular weight is 191 g/mol. The van der Waals surface area contributed by atoms with Gasteiger partial charge in [0, 0.05) is 0 Å². The molecule has 1 aromatic rings. The van der Waals surface area contributed by atoms with Crippen molar-refractivity contribution < 1.29 is 14.6 Å². The number of aromatic nitrogens is 2. The van der Waals surface area contributed by atoms with Gasteiger partial charge in [-0.15, -0.1) is 0 Å². The molecule has 0 atom stereocenters. The van der Waals surface area contributed by atoms with E-state index in [4.69, 9.17) is 16.7 Å². The van der Waals surface area contributed by atoms with E-state index in [-0.39, 0.29) is 10.9 Å². The van der Waals surface area contributed by atoms with Crippen molar-refractivity contribution in [3.63, 3.8) is 0 Å². The third-order valence-electron chi connectivity index (χ3n) is 0.922. The molecule has 0 fully saturated rings. The third-order valence-corrected chi connectivity index (χ3v) is 1.19. The Balaban J connectivity index is 3.05. The number of halogens is 1. The maximum Gasteiger partial charge on any atom is 0.512 e. The Morgan fingerprint density at radius 2 is 2.42 bits per heavy atom. The fourth-order valence-electron chi connectivity index (χ4n) is 0.525. The summed E-state index contributed by atoms with van der Waals surface area (Å²) in [4.78, 5) is 25.8. The van der Waals surface area contributed by atoms with Gasteiger partial charge in [-0.2, -0.15) is 4.98 Å². The normalized spacial score (nSPS) is 9.42. The fourth-order valence-corrected chi connectivity index (χ4v) is 0.659. The summed E-state index contributed by atoms with van der Waals surface area (Å²) in [7, 11) is 0. The molecule has 0 aliphatic rings. The summed E-state index contributed by atoms with van der Waals surface area (Å²) in [6.45, 7) is 0. The highest BCUT2D eigenvalue weighted by Gasteiger charge is 2.06. The standard InChI is InChI=1S/C5H3ClN2O4/c6-2-1-7-4(9)8-3(2)12-5(10)11/h1H,(H,10,11)(H,7,8,9). The van der Waals surface area contributed by atoms with E-state index in [1.54, 1.807) is 0 Å². The Labute approximate surface area is 70.8 Å². The minimum Gasteiger partial charge on any atom is -0.449 e. The van der Waals surface area contributed by atoms with Crippen molar-refractivity contribution in [2.75, 3.05) is 0 Å². The number of rotatable bonds is 1. The maximum atomic E-state index is 10.5. The fraction of sp³-hybridized carbons (Fsp3) is 0. The Bertz CT molecular complexity index is 361. The number of hydrogen-bond donors (Lipinski definition) is 2. The van der Waals surface area contributed by atoms with E-state index in [1.807, 2.05) is 4.98 Å². The molecule has 0 bridgehead atoms. The molecule has 0 aliphatic heterocycles. The Morgan fingerprint density at radius 1 is 1.75 bits per heavy atom. The lowest BCUT2D eigenvalue weighted by Gasteiger charge is -1.98. The minimum absolute atomic E-state index is 0.0722. The molecule has 0 unspecified atom stereocenters. The first-order chi connectivity index (χ1) is 5.59. The number of aromatic amines is 1. The van der Waals surface area contributed by atoms with E-state index in [2.05, 4.69) is 9.72 Å². The molecule has 0 aromatic carbocycles. The van der Waals surface area contributed by atoms with Crippen LogP contribution in [0.25, 0.3) is 0 Å².